The molecule has 0 aliphatic carbocycles. The Labute approximate surface area is 95.7 Å². The summed E-state index contributed by atoms with van der Waals surface area (Å²) in [7, 11) is 1.96. The summed E-state index contributed by atoms with van der Waals surface area (Å²) in [4.78, 5) is 2.06. The number of likely N-dealkylation sites (N-methyl/N-ethyl adjacent to an activating group) is 1. The Bertz CT molecular complexity index is 302. The Morgan fingerprint density at radius 1 is 1.38 bits per heavy atom. The lowest BCUT2D eigenvalue weighted by atomic mass is 10.1. The molecule has 90 valence electrons. The lowest BCUT2D eigenvalue weighted by Gasteiger charge is -2.19. The van der Waals surface area contributed by atoms with E-state index in [1.807, 2.05) is 7.05 Å². The van der Waals surface area contributed by atoms with Crippen molar-refractivity contribution in [3.8, 4) is 0 Å². The van der Waals surface area contributed by atoms with Crippen molar-refractivity contribution in [2.45, 2.75) is 12.5 Å². The number of hydrogen-bond acceptors (Lipinski definition) is 3. The summed E-state index contributed by atoms with van der Waals surface area (Å²) < 4.78 is 12.6. The second-order valence-electron chi connectivity index (χ2n) is 4.08. The molecule has 1 aromatic rings. The van der Waals surface area contributed by atoms with Crippen LogP contribution < -0.4 is 5.73 Å². The van der Waals surface area contributed by atoms with Crippen molar-refractivity contribution in [2.75, 3.05) is 26.7 Å². The van der Waals surface area contributed by atoms with E-state index in [0.717, 1.165) is 18.5 Å². The second kappa shape index (κ2) is 6.58. The Kier molecular flexibility index (Phi) is 5.38. The van der Waals surface area contributed by atoms with Gasteiger partial charge in [0.05, 0.1) is 6.61 Å². The van der Waals surface area contributed by atoms with Crippen molar-refractivity contribution in [3.63, 3.8) is 0 Å². The van der Waals surface area contributed by atoms with E-state index < -0.39 is 0 Å². The van der Waals surface area contributed by atoms with Gasteiger partial charge in [-0.25, -0.2) is 4.39 Å². The molecule has 4 heteroatoms. The monoisotopic (exact) mass is 226 g/mol. The Balaban J connectivity index is 2.31. The van der Waals surface area contributed by atoms with E-state index in [0.29, 0.717) is 6.54 Å². The van der Waals surface area contributed by atoms with Crippen LogP contribution in [0.1, 0.15) is 5.56 Å². The van der Waals surface area contributed by atoms with Crippen LogP contribution in [0.4, 0.5) is 4.39 Å². The minimum Gasteiger partial charge on any atom is -0.395 e. The maximum absolute atomic E-state index is 12.6. The van der Waals surface area contributed by atoms with Crippen molar-refractivity contribution in [1.82, 2.24) is 4.90 Å². The predicted molar refractivity (Wildman–Crippen MR) is 62.7 cm³/mol. The van der Waals surface area contributed by atoms with Gasteiger partial charge in [-0.2, -0.15) is 0 Å². The maximum atomic E-state index is 12.6. The molecule has 0 bridgehead atoms. The summed E-state index contributed by atoms with van der Waals surface area (Å²) in [5, 5.41) is 8.81. The maximum Gasteiger partial charge on any atom is 0.123 e. The van der Waals surface area contributed by atoms with Gasteiger partial charge in [0.1, 0.15) is 5.82 Å². The molecular weight excluding hydrogens is 207 g/mol. The van der Waals surface area contributed by atoms with E-state index in [9.17, 15) is 4.39 Å². The number of halogens is 1. The highest BCUT2D eigenvalue weighted by Gasteiger charge is 2.05. The first-order chi connectivity index (χ1) is 7.61. The van der Waals surface area contributed by atoms with Crippen LogP contribution in [0.3, 0.4) is 0 Å². The zero-order valence-electron chi connectivity index (χ0n) is 9.56. The smallest absolute Gasteiger partial charge is 0.123 e. The second-order valence-corrected chi connectivity index (χ2v) is 4.08. The fourth-order valence-electron chi connectivity index (χ4n) is 1.52. The Morgan fingerprint density at radius 3 is 2.56 bits per heavy atom. The van der Waals surface area contributed by atoms with Crippen molar-refractivity contribution in [3.05, 3.63) is 35.6 Å². The van der Waals surface area contributed by atoms with Gasteiger partial charge in [-0.3, -0.25) is 0 Å². The molecule has 0 aliphatic heterocycles. The van der Waals surface area contributed by atoms with Crippen LogP contribution in [0.2, 0.25) is 0 Å². The largest absolute Gasteiger partial charge is 0.395 e. The molecule has 1 atom stereocenters. The van der Waals surface area contributed by atoms with Crippen LogP contribution in [0.5, 0.6) is 0 Å². The predicted octanol–water partition coefficient (Wildman–Crippen LogP) is 0.620. The standard InChI is InChI=1S/C12H19FN2O/c1-15(8-12(14)9-16)7-6-10-2-4-11(13)5-3-10/h2-5,12,16H,6-9,14H2,1H3. The number of aliphatic hydroxyl groups is 1. The molecule has 1 aromatic carbocycles. The number of hydrogen-bond donors (Lipinski definition) is 2. The van der Waals surface area contributed by atoms with Crippen LogP contribution in [0, 0.1) is 5.82 Å². The van der Waals surface area contributed by atoms with Crippen molar-refractivity contribution >= 4 is 0 Å². The van der Waals surface area contributed by atoms with Crippen LogP contribution in [-0.4, -0.2) is 42.8 Å². The molecule has 3 nitrogen and oxygen atoms in total. The number of benzene rings is 1. The molecule has 0 radical (unpaired) electrons. The van der Waals surface area contributed by atoms with E-state index >= 15 is 0 Å². The van der Waals surface area contributed by atoms with Crippen LogP contribution >= 0.6 is 0 Å². The third-order valence-corrected chi connectivity index (χ3v) is 2.48. The molecule has 0 aromatic heterocycles. The third kappa shape index (κ3) is 4.70. The number of nitrogens with zero attached hydrogens (tertiary/aromatic N) is 1. The highest BCUT2D eigenvalue weighted by Crippen LogP contribution is 2.04. The first-order valence-corrected chi connectivity index (χ1v) is 5.41. The molecule has 0 spiro atoms. The molecule has 16 heavy (non-hydrogen) atoms. The van der Waals surface area contributed by atoms with Crippen LogP contribution in [0.25, 0.3) is 0 Å². The van der Waals surface area contributed by atoms with Gasteiger partial charge in [-0.1, -0.05) is 12.1 Å². The molecule has 1 unspecified atom stereocenters. The summed E-state index contributed by atoms with van der Waals surface area (Å²) in [5.74, 6) is -0.209. The normalized spacial score (nSPS) is 13.1. The fourth-order valence-corrected chi connectivity index (χ4v) is 1.52. The fraction of sp³-hybridized carbons (Fsp3) is 0.500. The molecule has 0 heterocycles. The van der Waals surface area contributed by atoms with Gasteiger partial charge in [-0.15, -0.1) is 0 Å². The molecule has 0 fully saturated rings. The summed E-state index contributed by atoms with van der Waals surface area (Å²) in [6.45, 7) is 1.51. The van der Waals surface area contributed by atoms with Gasteiger partial charge < -0.3 is 15.7 Å². The van der Waals surface area contributed by atoms with Gasteiger partial charge in [0.15, 0.2) is 0 Å². The van der Waals surface area contributed by atoms with Crippen molar-refractivity contribution in [2.24, 2.45) is 5.73 Å². The summed E-state index contributed by atoms with van der Waals surface area (Å²) in [5.41, 5.74) is 6.72. The zero-order chi connectivity index (χ0) is 12.0. The van der Waals surface area contributed by atoms with Gasteiger partial charge >= 0.3 is 0 Å². The number of rotatable bonds is 6. The molecule has 0 saturated heterocycles. The molecule has 0 aliphatic rings. The van der Waals surface area contributed by atoms with Gasteiger partial charge in [-0.05, 0) is 31.2 Å². The van der Waals surface area contributed by atoms with Crippen molar-refractivity contribution < 1.29 is 9.50 Å². The van der Waals surface area contributed by atoms with Crippen molar-refractivity contribution in [1.29, 1.82) is 0 Å². The third-order valence-electron chi connectivity index (χ3n) is 2.48. The highest BCUT2D eigenvalue weighted by molar-refractivity contribution is 5.16. The number of aliphatic hydroxyl groups excluding tert-OH is 1. The minimum absolute atomic E-state index is 0.000881. The first kappa shape index (κ1) is 13.1. The minimum atomic E-state index is -0.209. The lowest BCUT2D eigenvalue weighted by molar-refractivity contribution is 0.222. The van der Waals surface area contributed by atoms with E-state index in [2.05, 4.69) is 4.90 Å². The summed E-state index contributed by atoms with van der Waals surface area (Å²) in [6, 6.07) is 6.31. The zero-order valence-corrected chi connectivity index (χ0v) is 9.56. The SMILES string of the molecule is CN(CCc1ccc(F)cc1)CC(N)CO. The van der Waals surface area contributed by atoms with E-state index in [-0.39, 0.29) is 18.5 Å². The van der Waals surface area contributed by atoms with Gasteiger partial charge in [0.25, 0.3) is 0 Å². The Morgan fingerprint density at radius 2 is 2.00 bits per heavy atom. The molecular formula is C12H19FN2O. The highest BCUT2D eigenvalue weighted by atomic mass is 19.1. The van der Waals surface area contributed by atoms with Gasteiger partial charge in [0.2, 0.25) is 0 Å². The van der Waals surface area contributed by atoms with E-state index in [1.54, 1.807) is 12.1 Å². The molecule has 0 saturated carbocycles. The molecule has 1 rings (SSSR count). The Hall–Kier alpha value is -0.970. The van der Waals surface area contributed by atoms with E-state index in [4.69, 9.17) is 10.8 Å². The van der Waals surface area contributed by atoms with Gasteiger partial charge in [0, 0.05) is 19.1 Å². The topological polar surface area (TPSA) is 49.5 Å². The molecule has 3 N–H and O–H groups in total. The van der Waals surface area contributed by atoms with Crippen LogP contribution in [0.15, 0.2) is 24.3 Å². The summed E-state index contributed by atoms with van der Waals surface area (Å²) in [6.07, 6.45) is 0.856. The summed E-state index contributed by atoms with van der Waals surface area (Å²) >= 11 is 0. The number of nitrogens with two attached hydrogens (primary N) is 1. The first-order valence-electron chi connectivity index (χ1n) is 5.41. The van der Waals surface area contributed by atoms with E-state index in [1.165, 1.54) is 12.1 Å². The lowest BCUT2D eigenvalue weighted by Crippen LogP contribution is -2.38. The average Bonchev–Trinajstić information content (AvgIpc) is 2.28. The quantitative estimate of drug-likeness (QED) is 0.747. The molecule has 0 amide bonds. The average molecular weight is 226 g/mol. The van der Waals surface area contributed by atoms with Crippen LogP contribution in [-0.2, 0) is 6.42 Å².